The van der Waals surface area contributed by atoms with Gasteiger partial charge >= 0.3 is 0 Å². The summed E-state index contributed by atoms with van der Waals surface area (Å²) in [6, 6.07) is 42.7. The van der Waals surface area contributed by atoms with E-state index in [2.05, 4.69) is 138 Å². The van der Waals surface area contributed by atoms with Gasteiger partial charge in [0.15, 0.2) is 0 Å². The van der Waals surface area contributed by atoms with Crippen LogP contribution in [0.3, 0.4) is 0 Å². The van der Waals surface area contributed by atoms with E-state index in [1.165, 1.54) is 11.1 Å². The van der Waals surface area contributed by atoms with Crippen LogP contribution in [0.5, 0.6) is 5.75 Å². The van der Waals surface area contributed by atoms with Crippen molar-refractivity contribution in [2.45, 2.75) is 12.0 Å². The zero-order valence-electron chi connectivity index (χ0n) is 21.8. The summed E-state index contributed by atoms with van der Waals surface area (Å²) < 4.78 is 8.83. The fourth-order valence-electron chi connectivity index (χ4n) is 6.06. The number of hydrogen-bond acceptors (Lipinski definition) is 2. The summed E-state index contributed by atoms with van der Waals surface area (Å²) in [6.07, 6.45) is 8.64. The van der Waals surface area contributed by atoms with Gasteiger partial charge in [-0.25, -0.2) is 4.98 Å². The number of imidazole rings is 1. The number of aromatic nitrogens is 2. The van der Waals surface area contributed by atoms with Crippen LogP contribution in [-0.4, -0.2) is 15.7 Å². The number of nitrogens with zero attached hydrogens (tertiary/aromatic N) is 2. The second-order valence-corrected chi connectivity index (χ2v) is 10.4. The zero-order chi connectivity index (χ0) is 26.5. The van der Waals surface area contributed by atoms with Gasteiger partial charge in [0, 0.05) is 28.3 Å². The van der Waals surface area contributed by atoms with E-state index in [4.69, 9.17) is 9.72 Å². The SMILES string of the molecule is C1=CC2Oc3c(-c4cc(-c5ccccc5)cc(-c5nc6ccccc6n5-c5ccccc5)c4)cccc3C2C=C1. The van der Waals surface area contributed by atoms with Gasteiger partial charge in [0.2, 0.25) is 0 Å². The summed E-state index contributed by atoms with van der Waals surface area (Å²) in [5.41, 5.74) is 9.98. The number of para-hydroxylation sites is 4. The highest BCUT2D eigenvalue weighted by atomic mass is 16.5. The number of ether oxygens (including phenoxy) is 1. The summed E-state index contributed by atoms with van der Waals surface area (Å²) in [6.45, 7) is 0. The van der Waals surface area contributed by atoms with Gasteiger partial charge in [-0.3, -0.25) is 4.57 Å². The molecule has 0 bridgehead atoms. The van der Waals surface area contributed by atoms with Crippen molar-refractivity contribution in [3.8, 4) is 45.1 Å². The van der Waals surface area contributed by atoms with Crippen molar-refractivity contribution in [2.24, 2.45) is 0 Å². The Balaban J connectivity index is 1.38. The molecule has 1 aromatic heterocycles. The van der Waals surface area contributed by atoms with E-state index in [9.17, 15) is 0 Å². The molecule has 8 rings (SSSR count). The lowest BCUT2D eigenvalue weighted by atomic mass is 9.89. The van der Waals surface area contributed by atoms with Crippen LogP contribution in [0.15, 0.2) is 146 Å². The molecule has 0 spiro atoms. The Morgan fingerprint density at radius 2 is 1.32 bits per heavy atom. The van der Waals surface area contributed by atoms with Crippen molar-refractivity contribution in [3.05, 3.63) is 151 Å². The molecule has 0 fully saturated rings. The van der Waals surface area contributed by atoms with Gasteiger partial charge in [-0.05, 0) is 65.2 Å². The van der Waals surface area contributed by atoms with Crippen molar-refractivity contribution in [1.29, 1.82) is 0 Å². The highest BCUT2D eigenvalue weighted by molar-refractivity contribution is 5.87. The van der Waals surface area contributed by atoms with Gasteiger partial charge in [-0.15, -0.1) is 0 Å². The van der Waals surface area contributed by atoms with Crippen molar-refractivity contribution < 1.29 is 4.74 Å². The van der Waals surface area contributed by atoms with Crippen LogP contribution >= 0.6 is 0 Å². The molecule has 2 unspecified atom stereocenters. The summed E-state index contributed by atoms with van der Waals surface area (Å²) in [5, 5.41) is 0. The monoisotopic (exact) mass is 514 g/mol. The van der Waals surface area contributed by atoms with Gasteiger partial charge in [-0.1, -0.05) is 97.1 Å². The van der Waals surface area contributed by atoms with Gasteiger partial charge in [-0.2, -0.15) is 0 Å². The first-order chi connectivity index (χ1) is 19.8. The van der Waals surface area contributed by atoms with Gasteiger partial charge in [0.05, 0.1) is 11.0 Å². The molecule has 1 aliphatic heterocycles. The fourth-order valence-corrected chi connectivity index (χ4v) is 6.06. The molecule has 2 heterocycles. The molecule has 190 valence electrons. The Morgan fingerprint density at radius 1 is 0.600 bits per heavy atom. The summed E-state index contributed by atoms with van der Waals surface area (Å²) in [5.74, 6) is 2.14. The predicted octanol–water partition coefficient (Wildman–Crippen LogP) is 9.00. The van der Waals surface area contributed by atoms with E-state index < -0.39 is 0 Å². The van der Waals surface area contributed by atoms with E-state index in [1.807, 2.05) is 12.1 Å². The Hall–Kier alpha value is -5.15. The third-order valence-electron chi connectivity index (χ3n) is 7.93. The maximum atomic E-state index is 6.57. The van der Waals surface area contributed by atoms with E-state index in [-0.39, 0.29) is 12.0 Å². The van der Waals surface area contributed by atoms with Crippen LogP contribution in [0.25, 0.3) is 50.4 Å². The van der Waals surface area contributed by atoms with Crippen LogP contribution in [0.4, 0.5) is 0 Å². The average molecular weight is 515 g/mol. The van der Waals surface area contributed by atoms with Crippen molar-refractivity contribution in [1.82, 2.24) is 9.55 Å². The van der Waals surface area contributed by atoms with Gasteiger partial charge in [0.25, 0.3) is 0 Å². The van der Waals surface area contributed by atoms with Crippen LogP contribution in [0.1, 0.15) is 11.5 Å². The molecule has 1 aliphatic carbocycles. The molecule has 5 aromatic carbocycles. The van der Waals surface area contributed by atoms with Gasteiger partial charge in [0.1, 0.15) is 17.7 Å². The van der Waals surface area contributed by atoms with Crippen LogP contribution < -0.4 is 4.74 Å². The van der Waals surface area contributed by atoms with Crippen LogP contribution in [-0.2, 0) is 0 Å². The molecular weight excluding hydrogens is 488 g/mol. The smallest absolute Gasteiger partial charge is 0.145 e. The summed E-state index contributed by atoms with van der Waals surface area (Å²) in [4.78, 5) is 5.17. The molecular formula is C37H26N2O. The number of allylic oxidation sites excluding steroid dienone is 2. The molecule has 40 heavy (non-hydrogen) atoms. The Morgan fingerprint density at radius 3 is 2.20 bits per heavy atom. The first-order valence-corrected chi connectivity index (χ1v) is 13.7. The third kappa shape index (κ3) is 3.70. The molecule has 2 atom stereocenters. The Bertz CT molecular complexity index is 1930. The molecule has 0 amide bonds. The molecule has 0 saturated carbocycles. The number of fused-ring (bicyclic) bond motifs is 4. The van der Waals surface area contributed by atoms with E-state index in [0.717, 1.165) is 50.5 Å². The quantitative estimate of drug-likeness (QED) is 0.235. The summed E-state index contributed by atoms with van der Waals surface area (Å²) >= 11 is 0. The average Bonchev–Trinajstić information content (AvgIpc) is 3.61. The maximum absolute atomic E-state index is 6.57. The van der Waals surface area contributed by atoms with Crippen molar-refractivity contribution in [3.63, 3.8) is 0 Å². The highest BCUT2D eigenvalue weighted by Crippen LogP contribution is 2.47. The molecule has 3 nitrogen and oxygen atoms in total. The highest BCUT2D eigenvalue weighted by Gasteiger charge is 2.33. The van der Waals surface area contributed by atoms with Gasteiger partial charge < -0.3 is 4.74 Å². The first kappa shape index (κ1) is 22.8. The standard InChI is InChI=1S/C37H26N2O/c1-3-12-25(13-4-1)26-22-27(30-17-11-18-32-31-16-7-10-21-35(31)40-36(30)32)24-28(23-26)37-38-33-19-8-9-20-34(33)39(37)29-14-5-2-6-15-29/h1-24,31,35H. The lowest BCUT2D eigenvalue weighted by Gasteiger charge is -2.15. The normalized spacial score (nSPS) is 17.0. The minimum absolute atomic E-state index is 0.0419. The molecule has 6 aromatic rings. The molecule has 0 N–H and O–H groups in total. The third-order valence-corrected chi connectivity index (χ3v) is 7.93. The molecule has 3 heteroatoms. The summed E-state index contributed by atoms with van der Waals surface area (Å²) in [7, 11) is 0. The van der Waals surface area contributed by atoms with E-state index in [0.29, 0.717) is 0 Å². The Labute approximate surface area is 233 Å². The lowest BCUT2D eigenvalue weighted by Crippen LogP contribution is -2.15. The second kappa shape index (κ2) is 9.25. The van der Waals surface area contributed by atoms with Crippen molar-refractivity contribution in [2.75, 3.05) is 0 Å². The van der Waals surface area contributed by atoms with Crippen LogP contribution in [0, 0.1) is 0 Å². The van der Waals surface area contributed by atoms with E-state index in [1.54, 1.807) is 0 Å². The van der Waals surface area contributed by atoms with E-state index >= 15 is 0 Å². The topological polar surface area (TPSA) is 27.1 Å². The second-order valence-electron chi connectivity index (χ2n) is 10.4. The molecule has 0 saturated heterocycles. The minimum Gasteiger partial charge on any atom is -0.484 e. The lowest BCUT2D eigenvalue weighted by molar-refractivity contribution is 0.270. The first-order valence-electron chi connectivity index (χ1n) is 13.7. The number of benzene rings is 5. The number of hydrogen-bond donors (Lipinski definition) is 0. The largest absolute Gasteiger partial charge is 0.484 e. The van der Waals surface area contributed by atoms with Crippen molar-refractivity contribution >= 4 is 11.0 Å². The number of rotatable bonds is 4. The molecule has 2 aliphatic rings. The molecule has 0 radical (unpaired) electrons. The zero-order valence-corrected chi connectivity index (χ0v) is 21.8. The minimum atomic E-state index is 0.0419. The van der Waals surface area contributed by atoms with Crippen LogP contribution in [0.2, 0.25) is 0 Å². The Kier molecular flexibility index (Phi) is 5.27. The predicted molar refractivity (Wildman–Crippen MR) is 163 cm³/mol. The fraction of sp³-hybridized carbons (Fsp3) is 0.0541. The maximum Gasteiger partial charge on any atom is 0.145 e.